The minimum absolute atomic E-state index is 0.0315. The summed E-state index contributed by atoms with van der Waals surface area (Å²) in [7, 11) is 0. The van der Waals surface area contributed by atoms with Gasteiger partial charge in [0, 0.05) is 62.9 Å². The van der Waals surface area contributed by atoms with E-state index in [4.69, 9.17) is 9.51 Å². The molecule has 2 aliphatic rings. The van der Waals surface area contributed by atoms with E-state index in [1.165, 1.54) is 0 Å². The number of carbonyl (C=O) groups is 2. The van der Waals surface area contributed by atoms with E-state index < -0.39 is 0 Å². The van der Waals surface area contributed by atoms with E-state index in [2.05, 4.69) is 10.1 Å². The van der Waals surface area contributed by atoms with Crippen molar-refractivity contribution in [2.45, 2.75) is 31.6 Å². The van der Waals surface area contributed by atoms with Crippen molar-refractivity contribution in [1.29, 1.82) is 0 Å². The van der Waals surface area contributed by atoms with E-state index in [1.807, 2.05) is 58.5 Å². The van der Waals surface area contributed by atoms with E-state index in [0.29, 0.717) is 50.7 Å². The molecule has 8 nitrogen and oxygen atoms in total. The van der Waals surface area contributed by atoms with Gasteiger partial charge in [0.05, 0.1) is 5.92 Å². The lowest BCUT2D eigenvalue weighted by atomic mass is 9.90. The molecule has 0 unspecified atom stereocenters. The number of likely N-dealkylation sites (tertiary alicyclic amines) is 2. The Labute approximate surface area is 192 Å². The van der Waals surface area contributed by atoms with E-state index in [-0.39, 0.29) is 29.6 Å². The molecular weight excluding hydrogens is 418 g/mol. The molecule has 0 N–H and O–H groups in total. The molecule has 170 valence electrons. The number of nitrogens with zero attached hydrogens (tertiary/aromatic N) is 5. The summed E-state index contributed by atoms with van der Waals surface area (Å²) in [6, 6.07) is 13.7. The molecule has 1 aromatic carbocycles. The monoisotopic (exact) mass is 445 g/mol. The van der Waals surface area contributed by atoms with Crippen molar-refractivity contribution < 1.29 is 14.1 Å². The van der Waals surface area contributed by atoms with Gasteiger partial charge in [0.1, 0.15) is 0 Å². The molecule has 2 amide bonds. The minimum Gasteiger partial charge on any atom is -0.343 e. The van der Waals surface area contributed by atoms with Crippen LogP contribution in [0.4, 0.5) is 0 Å². The summed E-state index contributed by atoms with van der Waals surface area (Å²) in [6.07, 6.45) is 5.01. The first kappa shape index (κ1) is 21.3. The van der Waals surface area contributed by atoms with Crippen molar-refractivity contribution in [2.75, 3.05) is 26.2 Å². The van der Waals surface area contributed by atoms with Gasteiger partial charge < -0.3 is 14.3 Å². The Balaban J connectivity index is 1.37. The van der Waals surface area contributed by atoms with Crippen LogP contribution in [0.1, 0.15) is 43.1 Å². The molecule has 2 fully saturated rings. The number of pyridine rings is 1. The number of amides is 2. The fraction of sp³-hybridized carbons (Fsp3) is 0.400. The van der Waals surface area contributed by atoms with Crippen molar-refractivity contribution in [3.05, 3.63) is 66.3 Å². The second kappa shape index (κ2) is 9.13. The highest BCUT2D eigenvalue weighted by atomic mass is 16.5. The maximum Gasteiger partial charge on any atom is 0.232 e. The van der Waals surface area contributed by atoms with E-state index in [9.17, 15) is 9.59 Å². The lowest BCUT2D eigenvalue weighted by molar-refractivity contribution is -0.139. The predicted octanol–water partition coefficient (Wildman–Crippen LogP) is 3.10. The van der Waals surface area contributed by atoms with Crippen LogP contribution in [-0.2, 0) is 9.59 Å². The zero-order chi connectivity index (χ0) is 22.8. The molecule has 2 saturated heterocycles. The topological polar surface area (TPSA) is 92.4 Å². The van der Waals surface area contributed by atoms with E-state index >= 15 is 0 Å². The van der Waals surface area contributed by atoms with E-state index in [1.54, 1.807) is 13.1 Å². The summed E-state index contributed by atoms with van der Waals surface area (Å²) in [4.78, 5) is 37.8. The van der Waals surface area contributed by atoms with Gasteiger partial charge in [-0.05, 0) is 24.5 Å². The third-order valence-electron chi connectivity index (χ3n) is 6.82. The Bertz CT molecular complexity index is 1110. The second-order valence-corrected chi connectivity index (χ2v) is 8.85. The molecule has 33 heavy (non-hydrogen) atoms. The minimum atomic E-state index is -0.0968. The van der Waals surface area contributed by atoms with Gasteiger partial charge in [-0.15, -0.1) is 0 Å². The van der Waals surface area contributed by atoms with Gasteiger partial charge >= 0.3 is 0 Å². The normalized spacial score (nSPS) is 21.4. The van der Waals surface area contributed by atoms with Gasteiger partial charge in [-0.3, -0.25) is 14.6 Å². The number of aromatic nitrogens is 3. The van der Waals surface area contributed by atoms with Crippen molar-refractivity contribution in [2.24, 2.45) is 5.92 Å². The fourth-order valence-corrected chi connectivity index (χ4v) is 4.96. The fourth-order valence-electron chi connectivity index (χ4n) is 4.96. The Kier molecular flexibility index (Phi) is 5.90. The molecule has 0 spiro atoms. The Morgan fingerprint density at radius 2 is 1.73 bits per heavy atom. The van der Waals surface area contributed by atoms with Crippen LogP contribution in [0.2, 0.25) is 0 Å². The molecule has 2 atom stereocenters. The maximum atomic E-state index is 13.4. The molecule has 5 rings (SSSR count). The number of hydrogen-bond donors (Lipinski definition) is 0. The number of benzene rings is 1. The average Bonchev–Trinajstić information content (AvgIpc) is 3.52. The van der Waals surface area contributed by atoms with Gasteiger partial charge in [0.2, 0.25) is 23.5 Å². The van der Waals surface area contributed by atoms with Gasteiger partial charge in [0.25, 0.3) is 0 Å². The standard InChI is InChI=1S/C25H27N5O3/c1-17(31)29-12-9-19(10-13-29)25(32)30-15-21(20-8-5-11-26-14-20)22(16-30)24-27-23(28-33-24)18-6-3-2-4-7-18/h2-8,11,14,19,21-22H,9-10,12-13,15-16H2,1H3/t21-,22+/m0/s1. The molecule has 3 aromatic rings. The Morgan fingerprint density at radius 3 is 2.42 bits per heavy atom. The molecule has 4 heterocycles. The quantitative estimate of drug-likeness (QED) is 0.613. The van der Waals surface area contributed by atoms with Crippen LogP contribution in [-0.4, -0.2) is 62.9 Å². The van der Waals surface area contributed by atoms with Crippen LogP contribution in [0.25, 0.3) is 11.4 Å². The SMILES string of the molecule is CC(=O)N1CCC(C(=O)N2C[C@@H](c3cccnc3)[C@H](c3nc(-c4ccccc4)no3)C2)CC1. The predicted molar refractivity (Wildman–Crippen MR) is 121 cm³/mol. The number of rotatable bonds is 4. The highest BCUT2D eigenvalue weighted by molar-refractivity contribution is 5.80. The number of hydrogen-bond acceptors (Lipinski definition) is 6. The molecule has 0 radical (unpaired) electrons. The Morgan fingerprint density at radius 1 is 0.970 bits per heavy atom. The van der Waals surface area contributed by atoms with Crippen LogP contribution < -0.4 is 0 Å². The highest BCUT2D eigenvalue weighted by Crippen LogP contribution is 2.40. The molecule has 0 aliphatic carbocycles. The summed E-state index contributed by atoms with van der Waals surface area (Å²) >= 11 is 0. The molecule has 2 aromatic heterocycles. The summed E-state index contributed by atoms with van der Waals surface area (Å²) in [5.74, 6) is 1.20. The third-order valence-corrected chi connectivity index (χ3v) is 6.82. The first-order valence-electron chi connectivity index (χ1n) is 11.4. The first-order valence-corrected chi connectivity index (χ1v) is 11.4. The summed E-state index contributed by atoms with van der Waals surface area (Å²) in [6.45, 7) is 3.98. The van der Waals surface area contributed by atoms with Gasteiger partial charge in [-0.1, -0.05) is 41.6 Å². The van der Waals surface area contributed by atoms with Gasteiger partial charge in [-0.25, -0.2) is 0 Å². The summed E-state index contributed by atoms with van der Waals surface area (Å²) < 4.78 is 5.71. The van der Waals surface area contributed by atoms with E-state index in [0.717, 1.165) is 11.1 Å². The average molecular weight is 446 g/mol. The van der Waals surface area contributed by atoms with Crippen LogP contribution in [0.5, 0.6) is 0 Å². The Hall–Kier alpha value is -3.55. The van der Waals surface area contributed by atoms with Crippen LogP contribution in [0.15, 0.2) is 59.4 Å². The van der Waals surface area contributed by atoms with Gasteiger partial charge in [-0.2, -0.15) is 4.98 Å². The van der Waals surface area contributed by atoms with Crippen molar-refractivity contribution in [1.82, 2.24) is 24.9 Å². The highest BCUT2D eigenvalue weighted by Gasteiger charge is 2.42. The lowest BCUT2D eigenvalue weighted by Crippen LogP contribution is -2.43. The maximum absolute atomic E-state index is 13.4. The number of piperidine rings is 1. The number of carbonyl (C=O) groups excluding carboxylic acids is 2. The largest absolute Gasteiger partial charge is 0.343 e. The summed E-state index contributed by atoms with van der Waals surface area (Å²) in [5, 5.41) is 4.20. The smallest absolute Gasteiger partial charge is 0.232 e. The zero-order valence-corrected chi connectivity index (χ0v) is 18.6. The van der Waals surface area contributed by atoms with Crippen LogP contribution >= 0.6 is 0 Å². The van der Waals surface area contributed by atoms with Crippen molar-refractivity contribution in [3.63, 3.8) is 0 Å². The molecule has 2 aliphatic heterocycles. The first-order chi connectivity index (χ1) is 16.1. The lowest BCUT2D eigenvalue weighted by Gasteiger charge is -2.32. The summed E-state index contributed by atoms with van der Waals surface area (Å²) in [5.41, 5.74) is 1.96. The molecule has 0 bridgehead atoms. The zero-order valence-electron chi connectivity index (χ0n) is 18.6. The van der Waals surface area contributed by atoms with Crippen LogP contribution in [0.3, 0.4) is 0 Å². The van der Waals surface area contributed by atoms with Crippen molar-refractivity contribution in [3.8, 4) is 11.4 Å². The molecule has 8 heteroatoms. The van der Waals surface area contributed by atoms with Gasteiger partial charge in [0.15, 0.2) is 0 Å². The third kappa shape index (κ3) is 4.37. The van der Waals surface area contributed by atoms with Crippen LogP contribution in [0, 0.1) is 5.92 Å². The van der Waals surface area contributed by atoms with Crippen molar-refractivity contribution >= 4 is 11.8 Å². The molecule has 0 saturated carbocycles. The second-order valence-electron chi connectivity index (χ2n) is 8.85. The molecular formula is C25H27N5O3.